The highest BCUT2D eigenvalue weighted by Gasteiger charge is 2.19. The summed E-state index contributed by atoms with van der Waals surface area (Å²) in [5.41, 5.74) is 0. The monoisotopic (exact) mass is 1110 g/mol. The summed E-state index contributed by atoms with van der Waals surface area (Å²) in [6, 6.07) is 0. The maximum absolute atomic E-state index is 12.9. The molecular weight excluding hydrogens is 985 g/mol. The SMILES string of the molecule is CC/C=C\C/C=C\C/C=C\C/C=C\CCCCCCCCC(=O)OC(COC(=O)CCCCCCC/C=C\C/C=C\C/C=C\CC)COC(=O)CCCCCCCCCCCCCCCCCCCCCCCCCCCCCC. The van der Waals surface area contributed by atoms with Crippen LogP contribution in [-0.4, -0.2) is 37.2 Å². The van der Waals surface area contributed by atoms with Crippen molar-refractivity contribution < 1.29 is 28.6 Å². The number of rotatable bonds is 63. The second-order valence-corrected chi connectivity index (χ2v) is 23.0. The van der Waals surface area contributed by atoms with E-state index in [1.165, 1.54) is 173 Å². The number of ether oxygens (including phenoxy) is 3. The first-order chi connectivity index (χ1) is 39.5. The lowest BCUT2D eigenvalue weighted by molar-refractivity contribution is -0.167. The molecule has 1 unspecified atom stereocenters. The van der Waals surface area contributed by atoms with Crippen molar-refractivity contribution in [2.75, 3.05) is 13.2 Å². The van der Waals surface area contributed by atoms with E-state index in [1.54, 1.807) is 0 Å². The zero-order valence-electron chi connectivity index (χ0n) is 53.1. The van der Waals surface area contributed by atoms with Gasteiger partial charge in [0.25, 0.3) is 0 Å². The Morgan fingerprint density at radius 3 is 0.762 bits per heavy atom. The highest BCUT2D eigenvalue weighted by molar-refractivity contribution is 5.71. The van der Waals surface area contributed by atoms with Gasteiger partial charge in [0.15, 0.2) is 6.10 Å². The van der Waals surface area contributed by atoms with Gasteiger partial charge < -0.3 is 14.2 Å². The fourth-order valence-electron chi connectivity index (χ4n) is 10.0. The van der Waals surface area contributed by atoms with Crippen molar-refractivity contribution in [3.63, 3.8) is 0 Å². The summed E-state index contributed by atoms with van der Waals surface area (Å²) < 4.78 is 16.9. The highest BCUT2D eigenvalue weighted by atomic mass is 16.6. The number of hydrogen-bond donors (Lipinski definition) is 0. The first kappa shape index (κ1) is 76.6. The van der Waals surface area contributed by atoms with Crippen LogP contribution in [0.3, 0.4) is 0 Å². The maximum atomic E-state index is 12.9. The minimum atomic E-state index is -0.793. The van der Waals surface area contributed by atoms with Crippen LogP contribution < -0.4 is 0 Å². The Labute approximate surface area is 496 Å². The van der Waals surface area contributed by atoms with Crippen LogP contribution in [0.4, 0.5) is 0 Å². The topological polar surface area (TPSA) is 78.9 Å². The first-order valence-electron chi connectivity index (χ1n) is 34.6. The van der Waals surface area contributed by atoms with Gasteiger partial charge in [-0.05, 0) is 89.9 Å². The molecule has 0 aromatic carbocycles. The average molecular weight is 1120 g/mol. The fraction of sp³-hybridized carbons (Fsp3) is 0.770. The molecule has 0 heterocycles. The molecule has 0 aliphatic rings. The van der Waals surface area contributed by atoms with Gasteiger partial charge >= 0.3 is 17.9 Å². The van der Waals surface area contributed by atoms with Gasteiger partial charge in [0.1, 0.15) is 13.2 Å². The average Bonchev–Trinajstić information content (AvgIpc) is 3.46. The van der Waals surface area contributed by atoms with Crippen molar-refractivity contribution in [2.24, 2.45) is 0 Å². The molecule has 0 saturated carbocycles. The van der Waals surface area contributed by atoms with Gasteiger partial charge in [0, 0.05) is 19.3 Å². The molecule has 1 atom stereocenters. The summed E-state index contributed by atoms with van der Waals surface area (Å²) in [6.07, 6.45) is 90.5. The quantitative estimate of drug-likeness (QED) is 0.0261. The molecule has 0 aliphatic heterocycles. The van der Waals surface area contributed by atoms with Gasteiger partial charge in [-0.3, -0.25) is 14.4 Å². The summed E-state index contributed by atoms with van der Waals surface area (Å²) in [4.78, 5) is 38.4. The van der Waals surface area contributed by atoms with Crippen LogP contribution in [0.25, 0.3) is 0 Å². The molecule has 80 heavy (non-hydrogen) atoms. The van der Waals surface area contributed by atoms with E-state index in [0.29, 0.717) is 19.3 Å². The molecule has 0 amide bonds. The van der Waals surface area contributed by atoms with Crippen molar-refractivity contribution in [3.05, 3.63) is 85.1 Å². The molecule has 0 N–H and O–H groups in total. The van der Waals surface area contributed by atoms with E-state index in [2.05, 4.69) is 106 Å². The summed E-state index contributed by atoms with van der Waals surface area (Å²) in [6.45, 7) is 6.44. The third kappa shape index (κ3) is 65.4. The molecular formula is C74H130O6. The Kier molecular flexibility index (Phi) is 65.2. The molecule has 0 saturated heterocycles. The molecule has 0 bridgehead atoms. The number of carbonyl (C=O) groups is 3. The van der Waals surface area contributed by atoms with Gasteiger partial charge in [-0.25, -0.2) is 0 Å². The van der Waals surface area contributed by atoms with Crippen LogP contribution in [0.15, 0.2) is 85.1 Å². The van der Waals surface area contributed by atoms with Crippen molar-refractivity contribution >= 4 is 17.9 Å². The number of unbranched alkanes of at least 4 members (excludes halogenated alkanes) is 38. The molecule has 0 radical (unpaired) electrons. The smallest absolute Gasteiger partial charge is 0.306 e. The molecule has 0 aromatic rings. The second-order valence-electron chi connectivity index (χ2n) is 23.0. The lowest BCUT2D eigenvalue weighted by atomic mass is 10.0. The lowest BCUT2D eigenvalue weighted by Gasteiger charge is -2.18. The van der Waals surface area contributed by atoms with Crippen molar-refractivity contribution in [1.29, 1.82) is 0 Å². The van der Waals surface area contributed by atoms with Crippen molar-refractivity contribution in [2.45, 2.75) is 354 Å². The first-order valence-corrected chi connectivity index (χ1v) is 34.6. The Bertz CT molecular complexity index is 1520. The van der Waals surface area contributed by atoms with Crippen LogP contribution >= 0.6 is 0 Å². The maximum Gasteiger partial charge on any atom is 0.306 e. The summed E-state index contributed by atoms with van der Waals surface area (Å²) in [5.74, 6) is -0.901. The molecule has 0 aliphatic carbocycles. The number of esters is 3. The van der Waals surface area contributed by atoms with Crippen molar-refractivity contribution in [1.82, 2.24) is 0 Å². The molecule has 6 nitrogen and oxygen atoms in total. The molecule has 0 spiro atoms. The van der Waals surface area contributed by atoms with E-state index in [1.807, 2.05) is 0 Å². The molecule has 462 valence electrons. The third-order valence-corrected chi connectivity index (χ3v) is 15.1. The summed E-state index contributed by atoms with van der Waals surface area (Å²) >= 11 is 0. The van der Waals surface area contributed by atoms with Crippen LogP contribution in [-0.2, 0) is 28.6 Å². The Balaban J connectivity index is 4.27. The van der Waals surface area contributed by atoms with E-state index < -0.39 is 6.10 Å². The van der Waals surface area contributed by atoms with Gasteiger partial charge in [0.05, 0.1) is 0 Å². The van der Waals surface area contributed by atoms with E-state index in [0.717, 1.165) is 135 Å². The minimum absolute atomic E-state index is 0.0856. The van der Waals surface area contributed by atoms with E-state index in [4.69, 9.17) is 14.2 Å². The van der Waals surface area contributed by atoms with Crippen LogP contribution in [0.5, 0.6) is 0 Å². The fourth-order valence-corrected chi connectivity index (χ4v) is 10.0. The number of hydrogen-bond acceptors (Lipinski definition) is 6. The third-order valence-electron chi connectivity index (χ3n) is 15.1. The van der Waals surface area contributed by atoms with E-state index >= 15 is 0 Å². The Morgan fingerprint density at radius 1 is 0.263 bits per heavy atom. The van der Waals surface area contributed by atoms with Gasteiger partial charge in [-0.1, -0.05) is 324 Å². The largest absolute Gasteiger partial charge is 0.462 e. The summed E-state index contributed by atoms with van der Waals surface area (Å²) in [7, 11) is 0. The van der Waals surface area contributed by atoms with Gasteiger partial charge in [-0.15, -0.1) is 0 Å². The zero-order chi connectivity index (χ0) is 57.8. The van der Waals surface area contributed by atoms with Gasteiger partial charge in [-0.2, -0.15) is 0 Å². The molecule has 0 aromatic heterocycles. The van der Waals surface area contributed by atoms with Crippen LogP contribution in [0.1, 0.15) is 348 Å². The van der Waals surface area contributed by atoms with Crippen LogP contribution in [0.2, 0.25) is 0 Å². The second kappa shape index (κ2) is 68.1. The minimum Gasteiger partial charge on any atom is -0.462 e. The zero-order valence-corrected chi connectivity index (χ0v) is 53.1. The summed E-state index contributed by atoms with van der Waals surface area (Å²) in [5, 5.41) is 0. The molecule has 0 fully saturated rings. The predicted octanol–water partition coefficient (Wildman–Crippen LogP) is 23.8. The normalized spacial score (nSPS) is 12.6. The lowest BCUT2D eigenvalue weighted by Crippen LogP contribution is -2.30. The van der Waals surface area contributed by atoms with Gasteiger partial charge in [0.2, 0.25) is 0 Å². The molecule has 0 rings (SSSR count). The number of carbonyl (C=O) groups excluding carboxylic acids is 3. The standard InChI is InChI=1S/C74H130O6/c1-4-7-10-13-16-19-22-25-28-30-32-33-34-35-36-37-38-39-40-42-43-46-49-52-55-58-61-64-67-73(76)79-70-71(69-78-72(75)66-63-60-57-54-51-48-45-27-24-21-18-15-12-9-6-3)80-74(77)68-65-62-59-56-53-50-47-44-41-31-29-26-23-20-17-14-11-8-5-2/h8-9,11-12,17-18,20-21,26-27,29,41,44-45,71H,4-7,10,13-16,19,22-25,28,30-40,42-43,46-70H2,1-3H3/b11-8-,12-9-,20-17-,21-18-,29-26-,44-41-,45-27-. The highest BCUT2D eigenvalue weighted by Crippen LogP contribution is 2.18. The Hall–Kier alpha value is -3.41. The van der Waals surface area contributed by atoms with E-state index in [-0.39, 0.29) is 31.1 Å². The van der Waals surface area contributed by atoms with Crippen LogP contribution in [0, 0.1) is 0 Å². The predicted molar refractivity (Wildman–Crippen MR) is 348 cm³/mol. The Morgan fingerprint density at radius 2 is 0.487 bits per heavy atom. The molecule has 6 heteroatoms. The van der Waals surface area contributed by atoms with Crippen molar-refractivity contribution in [3.8, 4) is 0 Å². The number of allylic oxidation sites excluding steroid dienone is 14. The van der Waals surface area contributed by atoms with E-state index in [9.17, 15) is 14.4 Å².